The number of hydrogen-bond donors (Lipinski definition) is 1. The first-order valence-corrected chi connectivity index (χ1v) is 5.51. The molecule has 1 saturated heterocycles. The van der Waals surface area contributed by atoms with E-state index in [9.17, 15) is 0 Å². The number of halogens is 1. The van der Waals surface area contributed by atoms with Gasteiger partial charge in [-0.3, -0.25) is 0 Å². The van der Waals surface area contributed by atoms with E-state index in [-0.39, 0.29) is 6.04 Å². The maximum atomic E-state index is 6.02. The average Bonchev–Trinajstić information content (AvgIpc) is 2.86. The van der Waals surface area contributed by atoms with Crippen molar-refractivity contribution < 1.29 is 4.42 Å². The van der Waals surface area contributed by atoms with Crippen LogP contribution in [-0.4, -0.2) is 11.5 Å². The molecule has 1 aromatic heterocycles. The first-order chi connectivity index (χ1) is 7.34. The number of para-hydroxylation sites is 1. The molecule has 4 heteroatoms. The second-order valence-electron chi connectivity index (χ2n) is 3.79. The third-order valence-electron chi connectivity index (χ3n) is 2.74. The predicted molar refractivity (Wildman–Crippen MR) is 59.0 cm³/mol. The molecule has 0 bridgehead atoms. The minimum atomic E-state index is 0.258. The molecule has 0 aliphatic carbocycles. The molecule has 0 amide bonds. The van der Waals surface area contributed by atoms with Crippen molar-refractivity contribution in [2.45, 2.75) is 18.9 Å². The Labute approximate surface area is 92.4 Å². The molecule has 3 nitrogen and oxygen atoms in total. The largest absolute Gasteiger partial charge is 0.437 e. The van der Waals surface area contributed by atoms with E-state index in [2.05, 4.69) is 10.3 Å². The fourth-order valence-corrected chi connectivity index (χ4v) is 2.19. The van der Waals surface area contributed by atoms with Gasteiger partial charge in [0.15, 0.2) is 5.58 Å². The molecule has 2 heterocycles. The summed E-state index contributed by atoms with van der Waals surface area (Å²) in [6.45, 7) is 1.04. The van der Waals surface area contributed by atoms with Crippen LogP contribution in [0.5, 0.6) is 0 Å². The van der Waals surface area contributed by atoms with Crippen molar-refractivity contribution in [1.82, 2.24) is 10.3 Å². The summed E-state index contributed by atoms with van der Waals surface area (Å²) in [5.41, 5.74) is 1.54. The van der Waals surface area contributed by atoms with Crippen molar-refractivity contribution >= 4 is 22.7 Å². The van der Waals surface area contributed by atoms with E-state index in [1.807, 2.05) is 18.2 Å². The van der Waals surface area contributed by atoms with Gasteiger partial charge in [-0.1, -0.05) is 17.7 Å². The molecule has 0 radical (unpaired) electrons. The van der Waals surface area contributed by atoms with Crippen LogP contribution in [0.15, 0.2) is 22.6 Å². The highest BCUT2D eigenvalue weighted by atomic mass is 35.5. The number of oxazole rings is 1. The highest BCUT2D eigenvalue weighted by Gasteiger charge is 2.21. The second kappa shape index (κ2) is 3.51. The zero-order valence-corrected chi connectivity index (χ0v) is 8.92. The molecule has 78 valence electrons. The lowest BCUT2D eigenvalue weighted by Gasteiger charge is -2.02. The standard InChI is InChI=1S/C11H11ClN2O/c12-7-3-1-4-8-10(7)15-11(14-8)9-5-2-6-13-9/h1,3-4,9,13H,2,5-6H2. The first kappa shape index (κ1) is 9.19. The number of nitrogens with one attached hydrogen (secondary N) is 1. The quantitative estimate of drug-likeness (QED) is 0.806. The van der Waals surface area contributed by atoms with E-state index in [1.165, 1.54) is 6.42 Å². The highest BCUT2D eigenvalue weighted by molar-refractivity contribution is 6.34. The third kappa shape index (κ3) is 1.52. The Kier molecular flexibility index (Phi) is 2.15. The van der Waals surface area contributed by atoms with Gasteiger partial charge in [-0.05, 0) is 31.5 Å². The normalized spacial score (nSPS) is 21.3. The minimum Gasteiger partial charge on any atom is -0.437 e. The van der Waals surface area contributed by atoms with Crippen LogP contribution < -0.4 is 5.32 Å². The van der Waals surface area contributed by atoms with E-state index in [0.29, 0.717) is 10.6 Å². The molecule has 1 unspecified atom stereocenters. The summed E-state index contributed by atoms with van der Waals surface area (Å²) in [7, 11) is 0. The Bertz CT molecular complexity index is 488. The van der Waals surface area contributed by atoms with E-state index >= 15 is 0 Å². The van der Waals surface area contributed by atoms with Crippen LogP contribution in [0.2, 0.25) is 5.02 Å². The molecule has 1 aromatic carbocycles. The lowest BCUT2D eigenvalue weighted by molar-refractivity contribution is 0.452. The molecule has 1 fully saturated rings. The van der Waals surface area contributed by atoms with Crippen molar-refractivity contribution in [2.75, 3.05) is 6.54 Å². The molecule has 15 heavy (non-hydrogen) atoms. The van der Waals surface area contributed by atoms with E-state index in [1.54, 1.807) is 0 Å². The fraction of sp³-hybridized carbons (Fsp3) is 0.364. The zero-order valence-electron chi connectivity index (χ0n) is 8.16. The number of fused-ring (bicyclic) bond motifs is 1. The maximum absolute atomic E-state index is 6.02. The summed E-state index contributed by atoms with van der Waals surface area (Å²) in [4.78, 5) is 4.44. The molecule has 1 atom stereocenters. The van der Waals surface area contributed by atoms with Crippen molar-refractivity contribution in [1.29, 1.82) is 0 Å². The number of benzene rings is 1. The van der Waals surface area contributed by atoms with Gasteiger partial charge in [-0.25, -0.2) is 4.98 Å². The Hall–Kier alpha value is -1.06. The van der Waals surface area contributed by atoms with Gasteiger partial charge in [-0.15, -0.1) is 0 Å². The summed E-state index contributed by atoms with van der Waals surface area (Å²) in [6.07, 6.45) is 2.27. The number of aromatic nitrogens is 1. The van der Waals surface area contributed by atoms with E-state index < -0.39 is 0 Å². The lowest BCUT2D eigenvalue weighted by atomic mass is 10.2. The van der Waals surface area contributed by atoms with E-state index in [4.69, 9.17) is 16.0 Å². The van der Waals surface area contributed by atoms with Crippen LogP contribution in [0.3, 0.4) is 0 Å². The van der Waals surface area contributed by atoms with Crippen LogP contribution in [0.4, 0.5) is 0 Å². The summed E-state index contributed by atoms with van der Waals surface area (Å²) in [5.74, 6) is 0.760. The van der Waals surface area contributed by atoms with Gasteiger partial charge >= 0.3 is 0 Å². The van der Waals surface area contributed by atoms with Crippen LogP contribution in [0, 0.1) is 0 Å². The van der Waals surface area contributed by atoms with Gasteiger partial charge < -0.3 is 9.73 Å². The van der Waals surface area contributed by atoms with Crippen molar-refractivity contribution in [3.8, 4) is 0 Å². The van der Waals surface area contributed by atoms with Gasteiger partial charge in [0.1, 0.15) is 5.52 Å². The smallest absolute Gasteiger partial charge is 0.212 e. The van der Waals surface area contributed by atoms with Gasteiger partial charge in [0.05, 0.1) is 11.1 Å². The van der Waals surface area contributed by atoms with Crippen LogP contribution in [-0.2, 0) is 0 Å². The topological polar surface area (TPSA) is 38.1 Å². The van der Waals surface area contributed by atoms with Gasteiger partial charge in [-0.2, -0.15) is 0 Å². The summed E-state index contributed by atoms with van der Waals surface area (Å²) >= 11 is 6.02. The highest BCUT2D eigenvalue weighted by Crippen LogP contribution is 2.29. The molecule has 0 saturated carbocycles. The molecular formula is C11H11ClN2O. The van der Waals surface area contributed by atoms with Crippen molar-refractivity contribution in [3.05, 3.63) is 29.1 Å². The number of nitrogens with zero attached hydrogens (tertiary/aromatic N) is 1. The Balaban J connectivity index is 2.09. The maximum Gasteiger partial charge on any atom is 0.212 e. The lowest BCUT2D eigenvalue weighted by Crippen LogP contribution is -2.12. The molecule has 0 spiro atoms. The molecule has 1 aliphatic rings. The van der Waals surface area contributed by atoms with Gasteiger partial charge in [0.25, 0.3) is 0 Å². The molecule has 3 rings (SSSR count). The van der Waals surface area contributed by atoms with Gasteiger partial charge in [0.2, 0.25) is 5.89 Å². The van der Waals surface area contributed by atoms with Crippen LogP contribution >= 0.6 is 11.6 Å². The minimum absolute atomic E-state index is 0.258. The molecular weight excluding hydrogens is 212 g/mol. The average molecular weight is 223 g/mol. The fourth-order valence-electron chi connectivity index (χ4n) is 1.98. The summed E-state index contributed by atoms with van der Waals surface area (Å²) in [6, 6.07) is 5.89. The first-order valence-electron chi connectivity index (χ1n) is 5.13. The summed E-state index contributed by atoms with van der Waals surface area (Å²) in [5, 5.41) is 3.98. The monoisotopic (exact) mass is 222 g/mol. The van der Waals surface area contributed by atoms with E-state index in [0.717, 1.165) is 24.4 Å². The van der Waals surface area contributed by atoms with Crippen molar-refractivity contribution in [3.63, 3.8) is 0 Å². The second-order valence-corrected chi connectivity index (χ2v) is 4.20. The van der Waals surface area contributed by atoms with Crippen LogP contribution in [0.1, 0.15) is 24.8 Å². The number of rotatable bonds is 1. The number of hydrogen-bond acceptors (Lipinski definition) is 3. The molecule has 1 N–H and O–H groups in total. The Morgan fingerprint density at radius 3 is 3.13 bits per heavy atom. The predicted octanol–water partition coefficient (Wildman–Crippen LogP) is 2.91. The van der Waals surface area contributed by atoms with Gasteiger partial charge in [0, 0.05) is 0 Å². The van der Waals surface area contributed by atoms with Crippen LogP contribution in [0.25, 0.3) is 11.1 Å². The molecule has 2 aromatic rings. The third-order valence-corrected chi connectivity index (χ3v) is 3.04. The summed E-state index contributed by atoms with van der Waals surface area (Å²) < 4.78 is 5.68. The van der Waals surface area contributed by atoms with Crippen molar-refractivity contribution in [2.24, 2.45) is 0 Å². The zero-order chi connectivity index (χ0) is 10.3. The Morgan fingerprint density at radius 1 is 1.47 bits per heavy atom. The Morgan fingerprint density at radius 2 is 2.40 bits per heavy atom. The molecule has 1 aliphatic heterocycles. The SMILES string of the molecule is Clc1cccc2nc(C3CCCN3)oc12.